The van der Waals surface area contributed by atoms with Gasteiger partial charge in [-0.15, -0.1) is 0 Å². The lowest BCUT2D eigenvalue weighted by molar-refractivity contribution is -0.145. The van der Waals surface area contributed by atoms with Gasteiger partial charge in [-0.3, -0.25) is 33.6 Å². The number of hydrogen-bond acceptors (Lipinski definition) is 11. The van der Waals surface area contributed by atoms with Crippen LogP contribution >= 0.6 is 0 Å². The second-order valence-corrected chi connectivity index (χ2v) is 13.4. The number of nitrogens with one attached hydrogen (secondary N) is 6. The Morgan fingerprint density at radius 1 is 0.904 bits per heavy atom. The normalized spacial score (nSPS) is 18.2. The van der Waals surface area contributed by atoms with E-state index in [1.54, 1.807) is 13.8 Å². The molecule has 1 aromatic rings. The van der Waals surface area contributed by atoms with Gasteiger partial charge in [0.15, 0.2) is 6.04 Å². The number of carboxylic acid groups (broad SMARTS) is 1. The Morgan fingerprint density at radius 3 is 2.08 bits per heavy atom. The van der Waals surface area contributed by atoms with Crippen LogP contribution in [0.5, 0.6) is 0 Å². The molecular formula is C32H52N10O10. The molecule has 12 N–H and O–H groups in total. The SMILES string of the molecule is CC(C)C[C@H](NC(=O)[C@H](CCC(N)=O)NC(=O)[C@@H]1CCCN1C(=O)[C@H](Cc1cnc[nH]1)NC(=O)[C@H](C)N)C(=O)N[C@@H](C)C(=O)N[C@H](C(=O)O)[C@@H](C)O. The van der Waals surface area contributed by atoms with Gasteiger partial charge >= 0.3 is 5.97 Å². The first kappa shape index (κ1) is 43.1. The topological polar surface area (TPSA) is 321 Å². The van der Waals surface area contributed by atoms with Crippen molar-refractivity contribution in [1.82, 2.24) is 41.5 Å². The first-order valence-electron chi connectivity index (χ1n) is 17.1. The van der Waals surface area contributed by atoms with E-state index in [1.165, 1.54) is 38.2 Å². The molecular weight excluding hydrogens is 684 g/mol. The van der Waals surface area contributed by atoms with Crippen molar-refractivity contribution in [3.63, 3.8) is 0 Å². The quantitative estimate of drug-likeness (QED) is 0.0624. The summed E-state index contributed by atoms with van der Waals surface area (Å²) in [6, 6.07) is -8.56. The Hall–Kier alpha value is -5.11. The van der Waals surface area contributed by atoms with Crippen molar-refractivity contribution >= 4 is 47.3 Å². The number of likely N-dealkylation sites (tertiary alicyclic amines) is 1. The van der Waals surface area contributed by atoms with Gasteiger partial charge < -0.3 is 58.1 Å². The zero-order chi connectivity index (χ0) is 39.3. The number of aromatic amines is 1. The molecule has 2 rings (SSSR count). The molecule has 0 aliphatic carbocycles. The number of carbonyl (C=O) groups is 8. The second kappa shape index (κ2) is 20.1. The van der Waals surface area contributed by atoms with E-state index >= 15 is 0 Å². The largest absolute Gasteiger partial charge is 0.480 e. The summed E-state index contributed by atoms with van der Waals surface area (Å²) >= 11 is 0. The summed E-state index contributed by atoms with van der Waals surface area (Å²) < 4.78 is 0. The molecule has 0 bridgehead atoms. The molecule has 1 aliphatic heterocycles. The fourth-order valence-electron chi connectivity index (χ4n) is 5.47. The Labute approximate surface area is 301 Å². The van der Waals surface area contributed by atoms with Gasteiger partial charge in [-0.1, -0.05) is 13.8 Å². The van der Waals surface area contributed by atoms with Crippen molar-refractivity contribution < 1.29 is 48.6 Å². The van der Waals surface area contributed by atoms with Gasteiger partial charge in [0.05, 0.1) is 18.5 Å². The van der Waals surface area contributed by atoms with Gasteiger partial charge in [0.2, 0.25) is 41.4 Å². The predicted octanol–water partition coefficient (Wildman–Crippen LogP) is -3.49. The number of imidazole rings is 1. The molecule has 0 unspecified atom stereocenters. The third kappa shape index (κ3) is 13.2. The number of aromatic nitrogens is 2. The van der Waals surface area contributed by atoms with E-state index in [4.69, 9.17) is 11.5 Å². The number of aliphatic hydroxyl groups is 1. The number of nitrogens with zero attached hydrogens (tertiary/aromatic N) is 2. The molecule has 0 radical (unpaired) electrons. The average Bonchev–Trinajstić information content (AvgIpc) is 3.76. The molecule has 2 heterocycles. The van der Waals surface area contributed by atoms with Gasteiger partial charge in [0.25, 0.3) is 0 Å². The van der Waals surface area contributed by atoms with E-state index in [0.29, 0.717) is 12.1 Å². The lowest BCUT2D eigenvalue weighted by atomic mass is 10.0. The number of H-pyrrole nitrogens is 1. The first-order valence-corrected chi connectivity index (χ1v) is 17.1. The minimum absolute atomic E-state index is 0.0338. The number of nitrogens with two attached hydrogens (primary N) is 2. The molecule has 1 fully saturated rings. The number of aliphatic carboxylic acids is 1. The van der Waals surface area contributed by atoms with Crippen LogP contribution in [0.25, 0.3) is 0 Å². The maximum Gasteiger partial charge on any atom is 0.328 e. The molecule has 8 atom stereocenters. The van der Waals surface area contributed by atoms with Crippen LogP contribution in [0.4, 0.5) is 0 Å². The van der Waals surface area contributed by atoms with E-state index in [-0.39, 0.29) is 44.6 Å². The summed E-state index contributed by atoms with van der Waals surface area (Å²) in [5, 5.41) is 31.3. The van der Waals surface area contributed by atoms with Crippen molar-refractivity contribution in [2.24, 2.45) is 17.4 Å². The molecule has 20 heteroatoms. The number of aliphatic hydroxyl groups excluding tert-OH is 1. The maximum atomic E-state index is 13.8. The van der Waals surface area contributed by atoms with E-state index in [2.05, 4.69) is 36.6 Å². The molecule has 0 aromatic carbocycles. The van der Waals surface area contributed by atoms with Gasteiger partial charge in [-0.2, -0.15) is 0 Å². The van der Waals surface area contributed by atoms with Crippen molar-refractivity contribution in [2.45, 2.75) is 122 Å². The summed E-state index contributed by atoms with van der Waals surface area (Å²) in [4.78, 5) is 111. The van der Waals surface area contributed by atoms with Crippen LogP contribution in [0.3, 0.4) is 0 Å². The predicted molar refractivity (Wildman–Crippen MR) is 183 cm³/mol. The first-order chi connectivity index (χ1) is 24.3. The van der Waals surface area contributed by atoms with Crippen LogP contribution in [-0.4, -0.2) is 127 Å². The lowest BCUT2D eigenvalue weighted by Crippen LogP contribution is -2.59. The van der Waals surface area contributed by atoms with Gasteiger partial charge in [0, 0.05) is 31.3 Å². The Bertz CT molecular complexity index is 1430. The minimum atomic E-state index is -1.63. The van der Waals surface area contributed by atoms with Crippen molar-refractivity contribution in [3.8, 4) is 0 Å². The Balaban J connectivity index is 2.24. The fraction of sp³-hybridized carbons (Fsp3) is 0.656. The van der Waals surface area contributed by atoms with Crippen LogP contribution in [0, 0.1) is 5.92 Å². The van der Waals surface area contributed by atoms with Crippen LogP contribution in [0.2, 0.25) is 0 Å². The molecule has 20 nitrogen and oxygen atoms in total. The minimum Gasteiger partial charge on any atom is -0.480 e. The van der Waals surface area contributed by atoms with Crippen molar-refractivity contribution in [2.75, 3.05) is 6.54 Å². The molecule has 1 saturated heterocycles. The highest BCUT2D eigenvalue weighted by molar-refractivity contribution is 5.97. The van der Waals surface area contributed by atoms with E-state index in [1.807, 2.05) is 0 Å². The molecule has 290 valence electrons. The third-order valence-corrected chi connectivity index (χ3v) is 8.30. The van der Waals surface area contributed by atoms with Crippen LogP contribution in [-0.2, 0) is 44.8 Å². The lowest BCUT2D eigenvalue weighted by Gasteiger charge is -2.30. The Morgan fingerprint density at radius 2 is 1.54 bits per heavy atom. The highest BCUT2D eigenvalue weighted by Crippen LogP contribution is 2.20. The molecule has 1 aromatic heterocycles. The smallest absolute Gasteiger partial charge is 0.328 e. The van der Waals surface area contributed by atoms with Crippen LogP contribution in [0.1, 0.15) is 72.4 Å². The average molecular weight is 737 g/mol. The summed E-state index contributed by atoms with van der Waals surface area (Å²) in [5.41, 5.74) is 11.6. The summed E-state index contributed by atoms with van der Waals surface area (Å²) in [7, 11) is 0. The number of amides is 7. The summed E-state index contributed by atoms with van der Waals surface area (Å²) in [6.45, 7) is 7.64. The van der Waals surface area contributed by atoms with E-state index in [9.17, 15) is 48.6 Å². The highest BCUT2D eigenvalue weighted by atomic mass is 16.4. The molecule has 0 spiro atoms. The third-order valence-electron chi connectivity index (χ3n) is 8.30. The number of rotatable bonds is 20. The maximum absolute atomic E-state index is 13.8. The van der Waals surface area contributed by atoms with Crippen LogP contribution in [0.15, 0.2) is 12.5 Å². The zero-order valence-corrected chi connectivity index (χ0v) is 30.0. The van der Waals surface area contributed by atoms with Gasteiger partial charge in [-0.05, 0) is 52.4 Å². The summed E-state index contributed by atoms with van der Waals surface area (Å²) in [5.74, 6) is -6.79. The standard InChI is InChI=1S/C32H52N10O10/c1-15(2)11-21(29(48)37-17(4)27(46)41-25(18(5)43)32(51)52)39-28(47)20(8-9-24(34)44)38-30(49)23-7-6-10-42(23)31(50)22(40-26(45)16(3)33)12-19-13-35-14-36-19/h13-18,20-23,25,43H,6-12,33H2,1-5H3,(H2,34,44)(H,35,36)(H,37,48)(H,38,49)(H,39,47)(H,40,45)(H,41,46)(H,51,52)/t16-,17-,18+,20-,21-,22-,23-,25-/m0/s1. The second-order valence-electron chi connectivity index (χ2n) is 13.4. The number of carboxylic acids is 1. The van der Waals surface area contributed by atoms with Gasteiger partial charge in [-0.25, -0.2) is 9.78 Å². The summed E-state index contributed by atoms with van der Waals surface area (Å²) in [6.07, 6.45) is 1.71. The van der Waals surface area contributed by atoms with Crippen molar-refractivity contribution in [1.29, 1.82) is 0 Å². The van der Waals surface area contributed by atoms with E-state index in [0.717, 1.165) is 0 Å². The fourth-order valence-corrected chi connectivity index (χ4v) is 5.47. The molecule has 0 saturated carbocycles. The van der Waals surface area contributed by atoms with Crippen molar-refractivity contribution in [3.05, 3.63) is 18.2 Å². The number of hydrogen-bond donors (Lipinski definition) is 10. The highest BCUT2D eigenvalue weighted by Gasteiger charge is 2.40. The van der Waals surface area contributed by atoms with E-state index < -0.39 is 95.7 Å². The van der Waals surface area contributed by atoms with Gasteiger partial charge in [0.1, 0.15) is 30.2 Å². The zero-order valence-electron chi connectivity index (χ0n) is 30.0. The Kier molecular flexibility index (Phi) is 16.6. The number of carbonyl (C=O) groups excluding carboxylic acids is 7. The molecule has 7 amide bonds. The van der Waals surface area contributed by atoms with Crippen LogP contribution < -0.4 is 38.1 Å². The molecule has 1 aliphatic rings. The molecule has 52 heavy (non-hydrogen) atoms. The monoisotopic (exact) mass is 736 g/mol. The number of primary amides is 1.